The van der Waals surface area contributed by atoms with Crippen LogP contribution in [0.2, 0.25) is 0 Å². The standard InChI is InChI=1S/C7H12N4O2S/c1-8-5(6(12)13)3-14-7-10-9-4-11(7)2/h4-5,8H,3H2,1-2H3,(H,12,13). The van der Waals surface area contributed by atoms with Crippen molar-refractivity contribution in [2.45, 2.75) is 11.2 Å². The van der Waals surface area contributed by atoms with Gasteiger partial charge in [0, 0.05) is 12.8 Å². The molecular formula is C7H12N4O2S. The normalized spacial score (nSPS) is 12.7. The topological polar surface area (TPSA) is 80.0 Å². The lowest BCUT2D eigenvalue weighted by Crippen LogP contribution is -2.36. The summed E-state index contributed by atoms with van der Waals surface area (Å²) in [5.74, 6) is -0.430. The molecule has 6 nitrogen and oxygen atoms in total. The molecule has 0 bridgehead atoms. The minimum Gasteiger partial charge on any atom is -0.480 e. The van der Waals surface area contributed by atoms with Crippen molar-refractivity contribution in [2.75, 3.05) is 12.8 Å². The number of rotatable bonds is 5. The van der Waals surface area contributed by atoms with E-state index in [1.54, 1.807) is 17.9 Å². The highest BCUT2D eigenvalue weighted by atomic mass is 32.2. The van der Waals surface area contributed by atoms with Crippen molar-refractivity contribution in [1.82, 2.24) is 20.1 Å². The van der Waals surface area contributed by atoms with Crippen LogP contribution >= 0.6 is 11.8 Å². The first-order valence-corrected chi connectivity index (χ1v) is 5.00. The predicted octanol–water partition coefficient (Wildman–Crippen LogP) is -0.420. The third-order valence-electron chi connectivity index (χ3n) is 1.70. The molecule has 1 aromatic heterocycles. The number of aryl methyl sites for hydroxylation is 1. The molecule has 0 aliphatic carbocycles. The summed E-state index contributed by atoms with van der Waals surface area (Å²) in [6, 6.07) is -0.559. The number of carbonyl (C=O) groups is 1. The van der Waals surface area contributed by atoms with Gasteiger partial charge in [-0.2, -0.15) is 0 Å². The molecule has 7 heteroatoms. The van der Waals surface area contributed by atoms with Gasteiger partial charge in [0.1, 0.15) is 12.4 Å². The summed E-state index contributed by atoms with van der Waals surface area (Å²) in [6.07, 6.45) is 1.58. The molecule has 0 amide bonds. The zero-order chi connectivity index (χ0) is 10.6. The Labute approximate surface area is 85.7 Å². The van der Waals surface area contributed by atoms with Gasteiger partial charge < -0.3 is 15.0 Å². The Morgan fingerprint density at radius 1 is 1.86 bits per heavy atom. The van der Waals surface area contributed by atoms with Crippen LogP contribution in [-0.4, -0.2) is 44.7 Å². The second-order valence-corrected chi connectivity index (χ2v) is 3.70. The number of nitrogens with one attached hydrogen (secondary N) is 1. The molecule has 1 rings (SSSR count). The van der Waals surface area contributed by atoms with Gasteiger partial charge >= 0.3 is 5.97 Å². The Balaban J connectivity index is 2.47. The molecule has 0 saturated carbocycles. The van der Waals surface area contributed by atoms with Crippen LogP contribution < -0.4 is 5.32 Å². The summed E-state index contributed by atoms with van der Waals surface area (Å²) in [4.78, 5) is 10.7. The summed E-state index contributed by atoms with van der Waals surface area (Å²) in [5, 5.41) is 19.7. The summed E-state index contributed by atoms with van der Waals surface area (Å²) >= 11 is 1.36. The fourth-order valence-electron chi connectivity index (χ4n) is 0.839. The van der Waals surface area contributed by atoms with Gasteiger partial charge in [0.15, 0.2) is 5.16 Å². The minimum absolute atomic E-state index is 0.429. The molecule has 78 valence electrons. The summed E-state index contributed by atoms with van der Waals surface area (Å²) in [6.45, 7) is 0. The SMILES string of the molecule is CNC(CSc1nncn1C)C(=O)O. The highest BCUT2D eigenvalue weighted by Crippen LogP contribution is 2.14. The van der Waals surface area contributed by atoms with Crippen molar-refractivity contribution in [2.24, 2.45) is 7.05 Å². The van der Waals surface area contributed by atoms with E-state index in [4.69, 9.17) is 5.11 Å². The van der Waals surface area contributed by atoms with Crippen molar-refractivity contribution in [3.05, 3.63) is 6.33 Å². The van der Waals surface area contributed by atoms with Crippen LogP contribution in [0.1, 0.15) is 0 Å². The molecular weight excluding hydrogens is 204 g/mol. The van der Waals surface area contributed by atoms with Gasteiger partial charge in [0.25, 0.3) is 0 Å². The number of aromatic nitrogens is 3. The fourth-order valence-corrected chi connectivity index (χ4v) is 1.82. The van der Waals surface area contributed by atoms with Gasteiger partial charge in [-0.3, -0.25) is 4.79 Å². The zero-order valence-electron chi connectivity index (χ0n) is 7.97. The monoisotopic (exact) mass is 216 g/mol. The number of likely N-dealkylation sites (N-methyl/N-ethyl adjacent to an activating group) is 1. The number of hydrogen-bond donors (Lipinski definition) is 2. The van der Waals surface area contributed by atoms with Crippen LogP contribution in [0.15, 0.2) is 11.5 Å². The van der Waals surface area contributed by atoms with Gasteiger partial charge in [0.05, 0.1) is 0 Å². The summed E-state index contributed by atoms with van der Waals surface area (Å²) in [5.41, 5.74) is 0. The van der Waals surface area contributed by atoms with Gasteiger partial charge in [-0.25, -0.2) is 0 Å². The van der Waals surface area contributed by atoms with Crippen LogP contribution in [0.25, 0.3) is 0 Å². The van der Waals surface area contributed by atoms with Gasteiger partial charge in [-0.1, -0.05) is 11.8 Å². The lowest BCUT2D eigenvalue weighted by molar-refractivity contribution is -0.138. The maximum Gasteiger partial charge on any atom is 0.321 e. The lowest BCUT2D eigenvalue weighted by Gasteiger charge is -2.09. The molecule has 1 unspecified atom stereocenters. The van der Waals surface area contributed by atoms with E-state index in [-0.39, 0.29) is 0 Å². The molecule has 1 heterocycles. The maximum atomic E-state index is 10.7. The third-order valence-corrected chi connectivity index (χ3v) is 2.82. The van der Waals surface area contributed by atoms with Crippen molar-refractivity contribution in [3.63, 3.8) is 0 Å². The lowest BCUT2D eigenvalue weighted by atomic mass is 10.3. The zero-order valence-corrected chi connectivity index (χ0v) is 8.78. The Morgan fingerprint density at radius 2 is 2.57 bits per heavy atom. The molecule has 1 aromatic rings. The Morgan fingerprint density at radius 3 is 3.00 bits per heavy atom. The van der Waals surface area contributed by atoms with Crippen LogP contribution in [0.3, 0.4) is 0 Å². The second-order valence-electron chi connectivity index (χ2n) is 2.71. The average Bonchev–Trinajstić information content (AvgIpc) is 2.52. The Bertz CT molecular complexity index is 314. The molecule has 14 heavy (non-hydrogen) atoms. The molecule has 2 N–H and O–H groups in total. The van der Waals surface area contributed by atoms with E-state index in [1.807, 2.05) is 7.05 Å². The van der Waals surface area contributed by atoms with Crippen molar-refractivity contribution in [1.29, 1.82) is 0 Å². The van der Waals surface area contributed by atoms with Gasteiger partial charge in [-0.15, -0.1) is 10.2 Å². The number of carboxylic acids is 1. The van der Waals surface area contributed by atoms with Gasteiger partial charge in [0.2, 0.25) is 0 Å². The number of carboxylic acid groups (broad SMARTS) is 1. The second kappa shape index (κ2) is 4.97. The first-order chi connectivity index (χ1) is 6.65. The quantitative estimate of drug-likeness (QED) is 0.651. The Hall–Kier alpha value is -1.08. The smallest absolute Gasteiger partial charge is 0.321 e. The van der Waals surface area contributed by atoms with Crippen molar-refractivity contribution < 1.29 is 9.90 Å². The maximum absolute atomic E-state index is 10.7. The highest BCUT2D eigenvalue weighted by molar-refractivity contribution is 7.99. The molecule has 0 radical (unpaired) electrons. The molecule has 0 spiro atoms. The van der Waals surface area contributed by atoms with E-state index in [1.165, 1.54) is 11.8 Å². The number of hydrogen-bond acceptors (Lipinski definition) is 5. The average molecular weight is 216 g/mol. The highest BCUT2D eigenvalue weighted by Gasteiger charge is 2.16. The third kappa shape index (κ3) is 2.71. The minimum atomic E-state index is -0.859. The predicted molar refractivity (Wildman–Crippen MR) is 52.2 cm³/mol. The van der Waals surface area contributed by atoms with Crippen LogP contribution in [-0.2, 0) is 11.8 Å². The number of aliphatic carboxylic acids is 1. The molecule has 0 aromatic carbocycles. The summed E-state index contributed by atoms with van der Waals surface area (Å²) in [7, 11) is 3.44. The molecule has 0 aliphatic rings. The van der Waals surface area contributed by atoms with E-state index in [2.05, 4.69) is 15.5 Å². The fraction of sp³-hybridized carbons (Fsp3) is 0.571. The van der Waals surface area contributed by atoms with E-state index in [0.29, 0.717) is 10.9 Å². The van der Waals surface area contributed by atoms with E-state index >= 15 is 0 Å². The first kappa shape index (κ1) is 11.0. The van der Waals surface area contributed by atoms with Crippen LogP contribution in [0, 0.1) is 0 Å². The molecule has 0 saturated heterocycles. The van der Waals surface area contributed by atoms with E-state index in [9.17, 15) is 4.79 Å². The number of thioether (sulfide) groups is 1. The Kier molecular flexibility index (Phi) is 3.90. The van der Waals surface area contributed by atoms with Crippen LogP contribution in [0.5, 0.6) is 0 Å². The van der Waals surface area contributed by atoms with Crippen LogP contribution in [0.4, 0.5) is 0 Å². The van der Waals surface area contributed by atoms with Crippen molar-refractivity contribution in [3.8, 4) is 0 Å². The molecule has 1 atom stereocenters. The van der Waals surface area contributed by atoms with E-state index < -0.39 is 12.0 Å². The van der Waals surface area contributed by atoms with Gasteiger partial charge in [-0.05, 0) is 7.05 Å². The largest absolute Gasteiger partial charge is 0.480 e. The number of nitrogens with zero attached hydrogens (tertiary/aromatic N) is 3. The first-order valence-electron chi connectivity index (χ1n) is 4.02. The van der Waals surface area contributed by atoms with Crippen molar-refractivity contribution >= 4 is 17.7 Å². The molecule has 0 aliphatic heterocycles. The molecule has 0 fully saturated rings. The van der Waals surface area contributed by atoms with E-state index in [0.717, 1.165) is 0 Å². The summed E-state index contributed by atoms with van der Waals surface area (Å²) < 4.78 is 1.75.